The van der Waals surface area contributed by atoms with Crippen LogP contribution >= 0.6 is 11.3 Å². The fourth-order valence-corrected chi connectivity index (χ4v) is 1.89. The average molecular weight is 273 g/mol. The van der Waals surface area contributed by atoms with E-state index < -0.39 is 11.7 Å². The van der Waals surface area contributed by atoms with Crippen LogP contribution in [-0.2, 0) is 4.79 Å². The molecular weight excluding hydrogens is 265 g/mol. The molecule has 4 nitrogen and oxygen atoms in total. The van der Waals surface area contributed by atoms with Gasteiger partial charge < -0.3 is 0 Å². The Kier molecular flexibility index (Phi) is 4.00. The van der Waals surface area contributed by atoms with Crippen LogP contribution in [0.4, 0.5) is 9.52 Å². The third-order valence-electron chi connectivity index (χ3n) is 2.18. The zero-order valence-electron chi connectivity index (χ0n) is 9.63. The molecule has 0 radical (unpaired) electrons. The first-order chi connectivity index (χ1) is 9.19. The Labute approximate surface area is 112 Å². The first kappa shape index (κ1) is 12.9. The van der Waals surface area contributed by atoms with Crippen LogP contribution in [0.5, 0.6) is 0 Å². The van der Waals surface area contributed by atoms with Gasteiger partial charge in [0.25, 0.3) is 5.91 Å². The summed E-state index contributed by atoms with van der Waals surface area (Å²) in [4.78, 5) is 15.7. The Morgan fingerprint density at radius 2 is 2.37 bits per heavy atom. The molecule has 1 amide bonds. The second-order valence-electron chi connectivity index (χ2n) is 3.52. The summed E-state index contributed by atoms with van der Waals surface area (Å²) < 4.78 is 13.0. The van der Waals surface area contributed by atoms with E-state index >= 15 is 0 Å². The van der Waals surface area contributed by atoms with Crippen molar-refractivity contribution in [1.82, 2.24) is 4.98 Å². The molecule has 0 saturated carbocycles. The number of nitrogens with zero attached hydrogens (tertiary/aromatic N) is 2. The molecule has 6 heteroatoms. The second kappa shape index (κ2) is 5.89. The third kappa shape index (κ3) is 3.47. The van der Waals surface area contributed by atoms with Crippen molar-refractivity contribution in [3.05, 3.63) is 52.8 Å². The molecular formula is C13H8FN3OS. The molecule has 0 aliphatic heterocycles. The third-order valence-corrected chi connectivity index (χ3v) is 2.87. The molecule has 1 aromatic heterocycles. The van der Waals surface area contributed by atoms with E-state index in [1.54, 1.807) is 23.7 Å². The van der Waals surface area contributed by atoms with Crippen LogP contribution < -0.4 is 5.32 Å². The zero-order chi connectivity index (χ0) is 13.7. The Morgan fingerprint density at radius 1 is 1.53 bits per heavy atom. The number of amides is 1. The second-order valence-corrected chi connectivity index (χ2v) is 4.41. The van der Waals surface area contributed by atoms with Crippen molar-refractivity contribution in [2.75, 3.05) is 5.32 Å². The van der Waals surface area contributed by atoms with Gasteiger partial charge >= 0.3 is 0 Å². The topological polar surface area (TPSA) is 65.8 Å². The largest absolute Gasteiger partial charge is 0.297 e. The van der Waals surface area contributed by atoms with E-state index in [-0.39, 0.29) is 5.57 Å². The Balaban J connectivity index is 2.20. The van der Waals surface area contributed by atoms with Gasteiger partial charge in [0.2, 0.25) is 0 Å². The van der Waals surface area contributed by atoms with Crippen LogP contribution in [0.1, 0.15) is 5.56 Å². The van der Waals surface area contributed by atoms with Crippen LogP contribution in [0, 0.1) is 17.1 Å². The van der Waals surface area contributed by atoms with E-state index in [0.717, 1.165) is 0 Å². The van der Waals surface area contributed by atoms with E-state index in [9.17, 15) is 9.18 Å². The van der Waals surface area contributed by atoms with Gasteiger partial charge in [0.05, 0.1) is 0 Å². The smallest absolute Gasteiger partial charge is 0.268 e. The van der Waals surface area contributed by atoms with Crippen LogP contribution in [0.3, 0.4) is 0 Å². The highest BCUT2D eigenvalue weighted by molar-refractivity contribution is 7.13. The lowest BCUT2D eigenvalue weighted by molar-refractivity contribution is -0.112. The Bertz CT molecular complexity index is 659. The maximum Gasteiger partial charge on any atom is 0.268 e. The fraction of sp³-hybridized carbons (Fsp3) is 0. The van der Waals surface area contributed by atoms with Gasteiger partial charge in [-0.3, -0.25) is 10.1 Å². The molecule has 0 aliphatic carbocycles. The number of hydrogen-bond donors (Lipinski definition) is 1. The molecule has 0 fully saturated rings. The number of nitriles is 1. The number of aromatic nitrogens is 1. The summed E-state index contributed by atoms with van der Waals surface area (Å²) >= 11 is 1.25. The minimum absolute atomic E-state index is 0.110. The Hall–Kier alpha value is -2.52. The standard InChI is InChI=1S/C13H8FN3OS/c14-11-3-1-2-9(7-11)6-10(8-15)12(18)17-13-16-4-5-19-13/h1-7H,(H,16,17,18). The lowest BCUT2D eigenvalue weighted by Gasteiger charge is -2.00. The number of rotatable bonds is 3. The van der Waals surface area contributed by atoms with Crippen LogP contribution in [0.25, 0.3) is 6.08 Å². The van der Waals surface area contributed by atoms with E-state index in [0.29, 0.717) is 10.7 Å². The number of nitrogens with one attached hydrogen (secondary N) is 1. The number of hydrogen-bond acceptors (Lipinski definition) is 4. The number of benzene rings is 1. The number of thiazole rings is 1. The van der Waals surface area contributed by atoms with E-state index in [2.05, 4.69) is 10.3 Å². The van der Waals surface area contributed by atoms with Crippen molar-refractivity contribution < 1.29 is 9.18 Å². The summed E-state index contributed by atoms with van der Waals surface area (Å²) in [5.41, 5.74) is 0.339. The predicted molar refractivity (Wildman–Crippen MR) is 70.7 cm³/mol. The van der Waals surface area contributed by atoms with Gasteiger partial charge in [0, 0.05) is 11.6 Å². The summed E-state index contributed by atoms with van der Waals surface area (Å²) in [6.45, 7) is 0. The maximum absolute atomic E-state index is 13.0. The summed E-state index contributed by atoms with van der Waals surface area (Å²) in [5, 5.41) is 13.6. The predicted octanol–water partition coefficient (Wildman–Crippen LogP) is 2.83. The molecule has 1 aromatic carbocycles. The number of carbonyl (C=O) groups excluding carboxylic acids is 1. The highest BCUT2D eigenvalue weighted by Gasteiger charge is 2.10. The summed E-state index contributed by atoms with van der Waals surface area (Å²) in [5.74, 6) is -0.993. The lowest BCUT2D eigenvalue weighted by atomic mass is 10.1. The van der Waals surface area contributed by atoms with Crippen molar-refractivity contribution in [3.8, 4) is 6.07 Å². The summed E-state index contributed by atoms with van der Waals surface area (Å²) in [6, 6.07) is 7.44. The van der Waals surface area contributed by atoms with Crippen molar-refractivity contribution in [1.29, 1.82) is 5.26 Å². The van der Waals surface area contributed by atoms with Gasteiger partial charge in [-0.2, -0.15) is 5.26 Å². The first-order valence-electron chi connectivity index (χ1n) is 5.27. The molecule has 0 atom stereocenters. The van der Waals surface area contributed by atoms with Gasteiger partial charge in [-0.25, -0.2) is 9.37 Å². The van der Waals surface area contributed by atoms with Gasteiger partial charge in [0.1, 0.15) is 17.5 Å². The maximum atomic E-state index is 13.0. The summed E-state index contributed by atoms with van der Waals surface area (Å²) in [7, 11) is 0. The zero-order valence-corrected chi connectivity index (χ0v) is 10.4. The van der Waals surface area contributed by atoms with Gasteiger partial charge in [-0.05, 0) is 23.8 Å². The summed E-state index contributed by atoms with van der Waals surface area (Å²) in [6.07, 6.45) is 2.87. The van der Waals surface area contributed by atoms with Crippen molar-refractivity contribution in [3.63, 3.8) is 0 Å². The van der Waals surface area contributed by atoms with Crippen LogP contribution in [0.15, 0.2) is 41.4 Å². The molecule has 94 valence electrons. The molecule has 0 bridgehead atoms. The highest BCUT2D eigenvalue weighted by atomic mass is 32.1. The van der Waals surface area contributed by atoms with Gasteiger partial charge in [0.15, 0.2) is 5.13 Å². The molecule has 0 aliphatic rings. The highest BCUT2D eigenvalue weighted by Crippen LogP contribution is 2.13. The first-order valence-corrected chi connectivity index (χ1v) is 6.15. The normalized spacial score (nSPS) is 10.8. The van der Waals surface area contributed by atoms with Crippen LogP contribution in [-0.4, -0.2) is 10.9 Å². The minimum Gasteiger partial charge on any atom is -0.297 e. The van der Waals surface area contributed by atoms with E-state index in [4.69, 9.17) is 5.26 Å². The van der Waals surface area contributed by atoms with E-state index in [1.807, 2.05) is 0 Å². The van der Waals surface area contributed by atoms with E-state index in [1.165, 1.54) is 35.6 Å². The molecule has 1 heterocycles. The SMILES string of the molecule is N#CC(=Cc1cccc(F)c1)C(=O)Nc1nccs1. The number of carbonyl (C=O) groups is 1. The molecule has 2 aromatic rings. The molecule has 1 N–H and O–H groups in total. The van der Waals surface area contributed by atoms with Crippen molar-refractivity contribution >= 4 is 28.5 Å². The minimum atomic E-state index is -0.568. The lowest BCUT2D eigenvalue weighted by Crippen LogP contribution is -2.13. The molecule has 0 unspecified atom stereocenters. The van der Waals surface area contributed by atoms with Gasteiger partial charge in [-0.1, -0.05) is 12.1 Å². The Morgan fingerprint density at radius 3 is 3.00 bits per heavy atom. The quantitative estimate of drug-likeness (QED) is 0.690. The molecule has 19 heavy (non-hydrogen) atoms. The number of halogens is 1. The van der Waals surface area contributed by atoms with Crippen LogP contribution in [0.2, 0.25) is 0 Å². The monoisotopic (exact) mass is 273 g/mol. The number of anilines is 1. The molecule has 0 saturated heterocycles. The van der Waals surface area contributed by atoms with Crippen molar-refractivity contribution in [2.24, 2.45) is 0 Å². The van der Waals surface area contributed by atoms with Gasteiger partial charge in [-0.15, -0.1) is 11.3 Å². The average Bonchev–Trinajstić information content (AvgIpc) is 2.88. The molecule has 2 rings (SSSR count). The molecule has 0 spiro atoms. The fourth-order valence-electron chi connectivity index (χ4n) is 1.36. The van der Waals surface area contributed by atoms with Crippen molar-refractivity contribution in [2.45, 2.75) is 0 Å².